The molecule has 6 nitrogen and oxygen atoms in total. The van der Waals surface area contributed by atoms with Gasteiger partial charge in [-0.1, -0.05) is 30.3 Å². The van der Waals surface area contributed by atoms with Crippen molar-refractivity contribution in [2.24, 2.45) is 0 Å². The van der Waals surface area contributed by atoms with Crippen molar-refractivity contribution in [2.45, 2.75) is 25.7 Å². The van der Waals surface area contributed by atoms with Gasteiger partial charge in [0.25, 0.3) is 11.8 Å². The molecular formula is C30H31FN4O2. The Balaban J connectivity index is 1.39. The number of nitrogens with one attached hydrogen (secondary N) is 3. The minimum atomic E-state index is -0.403. The first-order valence-electron chi connectivity index (χ1n) is 12.3. The topological polar surface area (TPSA) is 85.3 Å². The van der Waals surface area contributed by atoms with Crippen molar-refractivity contribution in [1.82, 2.24) is 10.2 Å². The summed E-state index contributed by atoms with van der Waals surface area (Å²) < 4.78 is 13.2. The monoisotopic (exact) mass is 498 g/mol. The molecule has 0 atom stereocenters. The molecule has 3 N–H and O–H groups in total. The van der Waals surface area contributed by atoms with E-state index in [-0.39, 0.29) is 11.8 Å². The second-order valence-corrected chi connectivity index (χ2v) is 9.21. The Morgan fingerprint density at radius 2 is 1.57 bits per heavy atom. The largest absolute Gasteiger partial charge is 0.393 e. The van der Waals surface area contributed by atoms with E-state index in [1.54, 1.807) is 18.3 Å². The molecule has 4 rings (SSSR count). The maximum absolute atomic E-state index is 13.3. The van der Waals surface area contributed by atoms with Gasteiger partial charge in [-0.05, 0) is 78.8 Å². The Hall–Kier alpha value is -4.26. The van der Waals surface area contributed by atoms with Gasteiger partial charge in [0, 0.05) is 54.9 Å². The van der Waals surface area contributed by atoms with Gasteiger partial charge in [0.05, 0.1) is 0 Å². The Morgan fingerprint density at radius 1 is 0.946 bits per heavy atom. The van der Waals surface area contributed by atoms with Gasteiger partial charge in [0.2, 0.25) is 0 Å². The normalized spacial score (nSPS) is 14.2. The lowest BCUT2D eigenvalue weighted by Gasteiger charge is -2.32. The number of carbonyl (C=O) groups excluding carboxylic acids is 2. The summed E-state index contributed by atoms with van der Waals surface area (Å²) in [6, 6.07) is 19.0. The first-order chi connectivity index (χ1) is 17.9. The number of hydrogen-bond donors (Lipinski definition) is 3. The van der Waals surface area contributed by atoms with E-state index in [4.69, 9.17) is 5.41 Å². The number of nitrogens with zero attached hydrogens (tertiary/aromatic N) is 1. The zero-order valence-corrected chi connectivity index (χ0v) is 21.1. The molecule has 1 aliphatic rings. The van der Waals surface area contributed by atoms with Gasteiger partial charge < -0.3 is 20.9 Å². The lowest BCUT2D eigenvalue weighted by atomic mass is 9.88. The molecule has 1 aliphatic heterocycles. The van der Waals surface area contributed by atoms with E-state index in [9.17, 15) is 14.0 Å². The van der Waals surface area contributed by atoms with Crippen LogP contribution in [0.1, 0.15) is 56.2 Å². The van der Waals surface area contributed by atoms with E-state index in [1.807, 2.05) is 37.1 Å². The van der Waals surface area contributed by atoms with Gasteiger partial charge in [-0.15, -0.1) is 0 Å². The molecule has 190 valence electrons. The second-order valence-electron chi connectivity index (χ2n) is 9.21. The molecule has 2 amide bonds. The standard InChI is InChI=1S/C30H31FN4O2/c1-20-3-4-25(17-28(20)34-29(36)24-9-11-27(31)12-10-24)30(37)35-15-13-23(14-16-35)21-5-7-22(8-6-21)26(18-32)19-33-2/h3-12,17-19,23,32-33H,13-16H2,1-2H3,(H,34,36)/b26-19+,32-18?. The number of allylic oxidation sites excluding steroid dienone is 1. The molecule has 37 heavy (non-hydrogen) atoms. The van der Waals surface area contributed by atoms with Crippen molar-refractivity contribution in [1.29, 1.82) is 5.41 Å². The van der Waals surface area contributed by atoms with Gasteiger partial charge in [0.1, 0.15) is 5.82 Å². The van der Waals surface area contributed by atoms with E-state index >= 15 is 0 Å². The van der Waals surface area contributed by atoms with Crippen LogP contribution in [0.3, 0.4) is 0 Å². The number of anilines is 1. The molecule has 1 fully saturated rings. The van der Waals surface area contributed by atoms with Gasteiger partial charge in [-0.3, -0.25) is 9.59 Å². The summed E-state index contributed by atoms with van der Waals surface area (Å²) in [7, 11) is 1.81. The van der Waals surface area contributed by atoms with Crippen molar-refractivity contribution >= 4 is 29.3 Å². The zero-order valence-electron chi connectivity index (χ0n) is 21.1. The van der Waals surface area contributed by atoms with Crippen LogP contribution in [-0.2, 0) is 0 Å². The lowest BCUT2D eigenvalue weighted by Crippen LogP contribution is -2.38. The average Bonchev–Trinajstić information content (AvgIpc) is 2.93. The van der Waals surface area contributed by atoms with E-state index in [0.29, 0.717) is 35.8 Å². The Labute approximate surface area is 216 Å². The highest BCUT2D eigenvalue weighted by molar-refractivity contribution is 6.08. The SMILES string of the molecule is CN/C=C(\C=N)c1ccc(C2CCN(C(=O)c3ccc(C)c(NC(=O)c4ccc(F)cc4)c3)CC2)cc1. The first-order valence-corrected chi connectivity index (χ1v) is 12.3. The highest BCUT2D eigenvalue weighted by Crippen LogP contribution is 2.30. The summed E-state index contributed by atoms with van der Waals surface area (Å²) in [4.78, 5) is 27.7. The molecule has 0 spiro atoms. The molecule has 1 saturated heterocycles. The molecule has 7 heteroatoms. The number of halogens is 1. The summed E-state index contributed by atoms with van der Waals surface area (Å²) in [5.41, 5.74) is 5.32. The number of carbonyl (C=O) groups is 2. The van der Waals surface area contributed by atoms with Crippen LogP contribution in [0.5, 0.6) is 0 Å². The average molecular weight is 499 g/mol. The van der Waals surface area contributed by atoms with Crippen LogP contribution in [0, 0.1) is 18.2 Å². The summed E-state index contributed by atoms with van der Waals surface area (Å²) in [5, 5.41) is 13.4. The van der Waals surface area contributed by atoms with Crippen LogP contribution in [0.25, 0.3) is 5.57 Å². The number of hydrogen-bond acceptors (Lipinski definition) is 4. The van der Waals surface area contributed by atoms with Crippen LogP contribution >= 0.6 is 0 Å². The minimum Gasteiger partial charge on any atom is -0.393 e. The van der Waals surface area contributed by atoms with E-state index in [2.05, 4.69) is 22.8 Å². The molecule has 0 bridgehead atoms. The minimum absolute atomic E-state index is 0.0566. The predicted molar refractivity (Wildman–Crippen MR) is 146 cm³/mol. The molecule has 3 aromatic rings. The molecular weight excluding hydrogens is 467 g/mol. The number of aryl methyl sites for hydroxylation is 1. The van der Waals surface area contributed by atoms with Crippen LogP contribution in [0.15, 0.2) is 72.9 Å². The molecule has 0 unspecified atom stereocenters. The van der Waals surface area contributed by atoms with Crippen molar-refractivity contribution in [3.8, 4) is 0 Å². The third kappa shape index (κ3) is 6.12. The highest BCUT2D eigenvalue weighted by Gasteiger charge is 2.25. The summed E-state index contributed by atoms with van der Waals surface area (Å²) in [5.74, 6) is -0.439. The summed E-state index contributed by atoms with van der Waals surface area (Å²) >= 11 is 0. The number of amides is 2. The molecule has 0 aliphatic carbocycles. The smallest absolute Gasteiger partial charge is 0.255 e. The van der Waals surface area contributed by atoms with Crippen LogP contribution in [0.4, 0.5) is 10.1 Å². The van der Waals surface area contributed by atoms with Crippen molar-refractivity contribution in [2.75, 3.05) is 25.5 Å². The fourth-order valence-electron chi connectivity index (χ4n) is 4.60. The predicted octanol–water partition coefficient (Wildman–Crippen LogP) is 5.62. The number of likely N-dealkylation sites (tertiary alicyclic amines) is 1. The molecule has 3 aromatic carbocycles. The molecule has 0 saturated carbocycles. The van der Waals surface area contributed by atoms with E-state index in [1.165, 1.54) is 36.0 Å². The highest BCUT2D eigenvalue weighted by atomic mass is 19.1. The van der Waals surface area contributed by atoms with Gasteiger partial charge in [-0.2, -0.15) is 0 Å². The lowest BCUT2D eigenvalue weighted by molar-refractivity contribution is 0.0712. The van der Waals surface area contributed by atoms with Crippen molar-refractivity contribution in [3.63, 3.8) is 0 Å². The molecule has 0 radical (unpaired) electrons. The van der Waals surface area contributed by atoms with Crippen LogP contribution < -0.4 is 10.6 Å². The third-order valence-corrected chi connectivity index (χ3v) is 6.79. The van der Waals surface area contributed by atoms with Gasteiger partial charge in [0.15, 0.2) is 0 Å². The fraction of sp³-hybridized carbons (Fsp3) is 0.233. The van der Waals surface area contributed by atoms with E-state index in [0.717, 1.165) is 29.5 Å². The van der Waals surface area contributed by atoms with Gasteiger partial charge >= 0.3 is 0 Å². The van der Waals surface area contributed by atoms with Crippen LogP contribution in [-0.4, -0.2) is 43.1 Å². The van der Waals surface area contributed by atoms with Crippen molar-refractivity contribution < 1.29 is 14.0 Å². The Morgan fingerprint density at radius 3 is 2.19 bits per heavy atom. The fourth-order valence-corrected chi connectivity index (χ4v) is 4.60. The van der Waals surface area contributed by atoms with Crippen LogP contribution in [0.2, 0.25) is 0 Å². The number of piperidine rings is 1. The quantitative estimate of drug-likeness (QED) is 0.370. The molecule has 1 heterocycles. The first kappa shape index (κ1) is 25.8. The maximum Gasteiger partial charge on any atom is 0.255 e. The number of rotatable bonds is 7. The Kier molecular flexibility index (Phi) is 8.13. The maximum atomic E-state index is 13.3. The van der Waals surface area contributed by atoms with Crippen molar-refractivity contribution in [3.05, 3.63) is 107 Å². The molecule has 0 aromatic heterocycles. The summed E-state index contributed by atoms with van der Waals surface area (Å²) in [6.07, 6.45) is 4.88. The zero-order chi connectivity index (χ0) is 26.4. The van der Waals surface area contributed by atoms with E-state index < -0.39 is 5.82 Å². The second kappa shape index (κ2) is 11.6. The van der Waals surface area contributed by atoms with Gasteiger partial charge in [-0.25, -0.2) is 4.39 Å². The third-order valence-electron chi connectivity index (χ3n) is 6.79. The Bertz CT molecular complexity index is 1310. The number of benzene rings is 3. The summed E-state index contributed by atoms with van der Waals surface area (Å²) in [6.45, 7) is 3.18.